The number of rotatable bonds is 2. The van der Waals surface area contributed by atoms with E-state index < -0.39 is 0 Å². The lowest BCUT2D eigenvalue weighted by Gasteiger charge is -2.32. The van der Waals surface area contributed by atoms with Gasteiger partial charge in [-0.05, 0) is 24.9 Å². The number of amides is 1. The fourth-order valence-electron chi connectivity index (χ4n) is 2.55. The second kappa shape index (κ2) is 4.42. The predicted octanol–water partition coefficient (Wildman–Crippen LogP) is 1.63. The zero-order valence-electron chi connectivity index (χ0n) is 10.1. The van der Waals surface area contributed by atoms with E-state index in [1.54, 1.807) is 11.3 Å². The maximum atomic E-state index is 12.3. The van der Waals surface area contributed by atoms with Gasteiger partial charge in [0, 0.05) is 42.9 Å². The summed E-state index contributed by atoms with van der Waals surface area (Å²) in [5.74, 6) is 1.18. The van der Waals surface area contributed by atoms with E-state index in [1.165, 1.54) is 4.88 Å². The molecule has 3 rings (SSSR count). The van der Waals surface area contributed by atoms with Crippen LogP contribution in [0, 0.1) is 5.92 Å². The average molecular weight is 250 g/mol. The average Bonchev–Trinajstić information content (AvgIpc) is 2.95. The van der Waals surface area contributed by atoms with E-state index in [9.17, 15) is 4.79 Å². The molecule has 0 N–H and O–H groups in total. The summed E-state index contributed by atoms with van der Waals surface area (Å²) >= 11 is 1.78. The largest absolute Gasteiger partial charge is 0.340 e. The lowest BCUT2D eigenvalue weighted by Crippen LogP contribution is -2.47. The molecule has 2 atom stereocenters. The van der Waals surface area contributed by atoms with Crippen LogP contribution < -0.4 is 0 Å². The maximum absolute atomic E-state index is 12.3. The fourth-order valence-corrected chi connectivity index (χ4v) is 3.45. The molecule has 1 aliphatic heterocycles. The molecule has 1 aromatic rings. The minimum atomic E-state index is 0.275. The summed E-state index contributed by atoms with van der Waals surface area (Å²) in [6.45, 7) is 3.84. The molecule has 1 saturated carbocycles. The van der Waals surface area contributed by atoms with Gasteiger partial charge in [-0.2, -0.15) is 0 Å². The first-order valence-corrected chi connectivity index (χ1v) is 7.14. The zero-order valence-corrected chi connectivity index (χ0v) is 10.9. The Bertz CT molecular complexity index is 396. The molecule has 1 aromatic heterocycles. The van der Waals surface area contributed by atoms with Gasteiger partial charge in [0.1, 0.15) is 0 Å². The van der Waals surface area contributed by atoms with Gasteiger partial charge in [0.2, 0.25) is 5.91 Å². The monoisotopic (exact) mass is 250 g/mol. The number of piperazine rings is 1. The summed E-state index contributed by atoms with van der Waals surface area (Å²) in [6.07, 6.45) is 1.06. The summed E-state index contributed by atoms with van der Waals surface area (Å²) in [4.78, 5) is 18.0. The van der Waals surface area contributed by atoms with E-state index in [2.05, 4.69) is 34.4 Å². The van der Waals surface area contributed by atoms with Crippen LogP contribution >= 0.6 is 11.3 Å². The fraction of sp³-hybridized carbons (Fsp3) is 0.615. The van der Waals surface area contributed by atoms with Crippen LogP contribution in [0.2, 0.25) is 0 Å². The Hall–Kier alpha value is -0.870. The van der Waals surface area contributed by atoms with Crippen LogP contribution in [0.15, 0.2) is 17.5 Å². The first-order valence-electron chi connectivity index (χ1n) is 6.26. The van der Waals surface area contributed by atoms with Gasteiger partial charge >= 0.3 is 0 Å². The van der Waals surface area contributed by atoms with Crippen LogP contribution in [-0.4, -0.2) is 48.9 Å². The Morgan fingerprint density at radius 3 is 2.76 bits per heavy atom. The molecule has 1 saturated heterocycles. The van der Waals surface area contributed by atoms with Gasteiger partial charge in [-0.3, -0.25) is 4.79 Å². The molecule has 1 amide bonds. The van der Waals surface area contributed by atoms with Crippen LogP contribution in [0.1, 0.15) is 17.2 Å². The van der Waals surface area contributed by atoms with E-state index in [1.807, 2.05) is 0 Å². The molecule has 4 heteroatoms. The summed E-state index contributed by atoms with van der Waals surface area (Å²) < 4.78 is 0. The van der Waals surface area contributed by atoms with Crippen LogP contribution in [0.5, 0.6) is 0 Å². The van der Waals surface area contributed by atoms with Crippen molar-refractivity contribution >= 4 is 17.2 Å². The van der Waals surface area contributed by atoms with Gasteiger partial charge in [-0.1, -0.05) is 6.07 Å². The molecule has 92 valence electrons. The van der Waals surface area contributed by atoms with E-state index >= 15 is 0 Å². The summed E-state index contributed by atoms with van der Waals surface area (Å²) in [5.41, 5.74) is 0. The number of nitrogens with zero attached hydrogens (tertiary/aromatic N) is 2. The predicted molar refractivity (Wildman–Crippen MR) is 69.2 cm³/mol. The number of hydrogen-bond acceptors (Lipinski definition) is 3. The Kier molecular flexibility index (Phi) is 2.92. The van der Waals surface area contributed by atoms with Crippen molar-refractivity contribution in [3.63, 3.8) is 0 Å². The summed E-state index contributed by atoms with van der Waals surface area (Å²) in [6, 6.07) is 4.24. The number of hydrogen-bond donors (Lipinski definition) is 0. The third kappa shape index (κ3) is 2.24. The topological polar surface area (TPSA) is 23.6 Å². The second-order valence-electron chi connectivity index (χ2n) is 5.09. The van der Waals surface area contributed by atoms with Crippen LogP contribution in [0.3, 0.4) is 0 Å². The van der Waals surface area contributed by atoms with Gasteiger partial charge in [0.15, 0.2) is 0 Å². The van der Waals surface area contributed by atoms with Gasteiger partial charge in [0.25, 0.3) is 0 Å². The molecular formula is C13H18N2OS. The highest BCUT2D eigenvalue weighted by Crippen LogP contribution is 2.49. The van der Waals surface area contributed by atoms with Crippen LogP contribution in [-0.2, 0) is 4.79 Å². The maximum Gasteiger partial charge on any atom is 0.226 e. The van der Waals surface area contributed by atoms with Crippen molar-refractivity contribution in [2.75, 3.05) is 33.2 Å². The minimum absolute atomic E-state index is 0.275. The Balaban J connectivity index is 1.58. The van der Waals surface area contributed by atoms with Crippen molar-refractivity contribution in [2.45, 2.75) is 12.3 Å². The number of carbonyl (C=O) groups is 1. The summed E-state index contributed by atoms with van der Waals surface area (Å²) in [7, 11) is 2.12. The number of likely N-dealkylation sites (N-methyl/N-ethyl adjacent to an activating group) is 1. The van der Waals surface area contributed by atoms with Gasteiger partial charge in [-0.25, -0.2) is 0 Å². The number of carbonyl (C=O) groups excluding carboxylic acids is 1. The summed E-state index contributed by atoms with van der Waals surface area (Å²) in [5, 5.41) is 2.10. The molecule has 0 spiro atoms. The molecule has 2 unspecified atom stereocenters. The molecular weight excluding hydrogens is 232 g/mol. The van der Waals surface area contributed by atoms with Gasteiger partial charge in [-0.15, -0.1) is 11.3 Å². The molecule has 2 heterocycles. The molecule has 1 aliphatic carbocycles. The third-order valence-corrected chi connectivity index (χ3v) is 4.84. The molecule has 2 aliphatic rings. The molecule has 0 aromatic carbocycles. The van der Waals surface area contributed by atoms with Gasteiger partial charge < -0.3 is 9.80 Å². The first kappa shape index (κ1) is 11.2. The Morgan fingerprint density at radius 1 is 1.35 bits per heavy atom. The smallest absolute Gasteiger partial charge is 0.226 e. The van der Waals surface area contributed by atoms with Crippen molar-refractivity contribution in [1.82, 2.24) is 9.80 Å². The first-order chi connectivity index (χ1) is 8.25. The highest BCUT2D eigenvalue weighted by molar-refractivity contribution is 7.10. The lowest BCUT2D eigenvalue weighted by molar-refractivity contribution is -0.134. The van der Waals surface area contributed by atoms with Gasteiger partial charge in [0.05, 0.1) is 0 Å². The van der Waals surface area contributed by atoms with Crippen molar-refractivity contribution in [2.24, 2.45) is 5.92 Å². The zero-order chi connectivity index (χ0) is 11.8. The van der Waals surface area contributed by atoms with Crippen LogP contribution in [0.4, 0.5) is 0 Å². The number of thiophene rings is 1. The Morgan fingerprint density at radius 2 is 2.12 bits per heavy atom. The molecule has 0 radical (unpaired) electrons. The van der Waals surface area contributed by atoms with Crippen LogP contribution in [0.25, 0.3) is 0 Å². The van der Waals surface area contributed by atoms with E-state index in [-0.39, 0.29) is 5.92 Å². The van der Waals surface area contributed by atoms with Crippen molar-refractivity contribution in [1.29, 1.82) is 0 Å². The van der Waals surface area contributed by atoms with Crippen molar-refractivity contribution in [3.05, 3.63) is 22.4 Å². The van der Waals surface area contributed by atoms with E-state index in [4.69, 9.17) is 0 Å². The van der Waals surface area contributed by atoms with E-state index in [0.717, 1.165) is 32.6 Å². The normalized spacial score (nSPS) is 29.4. The highest BCUT2D eigenvalue weighted by Gasteiger charge is 2.46. The van der Waals surface area contributed by atoms with Crippen molar-refractivity contribution in [3.8, 4) is 0 Å². The van der Waals surface area contributed by atoms with E-state index in [0.29, 0.717) is 11.8 Å². The van der Waals surface area contributed by atoms with Crippen molar-refractivity contribution < 1.29 is 4.79 Å². The molecule has 0 bridgehead atoms. The quantitative estimate of drug-likeness (QED) is 0.796. The molecule has 2 fully saturated rings. The third-order valence-electron chi connectivity index (χ3n) is 3.83. The second-order valence-corrected chi connectivity index (χ2v) is 6.07. The molecule has 17 heavy (non-hydrogen) atoms. The Labute approximate surface area is 106 Å². The lowest BCUT2D eigenvalue weighted by atomic mass is 10.2. The molecule has 3 nitrogen and oxygen atoms in total. The highest BCUT2D eigenvalue weighted by atomic mass is 32.1. The SMILES string of the molecule is CN1CCN(C(=O)C2CC2c2cccs2)CC1. The minimum Gasteiger partial charge on any atom is -0.340 e. The standard InChI is InChI=1S/C13H18N2OS/c1-14-4-6-15(7-5-14)13(16)11-9-10(11)12-3-2-8-17-12/h2-3,8,10-11H,4-7,9H2,1H3.